The molecule has 1 aromatic rings. The van der Waals surface area contributed by atoms with Crippen molar-refractivity contribution in [2.24, 2.45) is 5.92 Å². The highest BCUT2D eigenvalue weighted by Crippen LogP contribution is 2.28. The van der Waals surface area contributed by atoms with Crippen LogP contribution in [0.1, 0.15) is 50.2 Å². The van der Waals surface area contributed by atoms with Gasteiger partial charge in [-0.3, -0.25) is 9.59 Å². The van der Waals surface area contributed by atoms with Gasteiger partial charge in [-0.2, -0.15) is 0 Å². The van der Waals surface area contributed by atoms with E-state index in [9.17, 15) is 9.59 Å². The molecule has 0 bridgehead atoms. The summed E-state index contributed by atoms with van der Waals surface area (Å²) in [6, 6.07) is 6.08. The van der Waals surface area contributed by atoms with Crippen LogP contribution in [-0.4, -0.2) is 17.9 Å². The van der Waals surface area contributed by atoms with Crippen LogP contribution in [0.4, 0.5) is 5.69 Å². The summed E-state index contributed by atoms with van der Waals surface area (Å²) >= 11 is 0. The molecule has 1 saturated carbocycles. The number of nitrogens with one attached hydrogen (secondary N) is 2. The second kappa shape index (κ2) is 7.44. The molecule has 0 saturated heterocycles. The van der Waals surface area contributed by atoms with Crippen LogP contribution in [0.2, 0.25) is 0 Å². The Bertz CT molecular complexity index is 607. The standard InChI is InChI=1S/C19H26N2O2/c1-5-18(22)20-16-8-6-7-15(16)19(23)21-17-11-14(12(2)3)10-9-13(17)4/h5,9-12,15-16H,1,6-8H2,2-4H3,(H,20,22)(H,21,23)/t15-,16-/m1/s1. The Morgan fingerprint density at radius 3 is 2.70 bits per heavy atom. The second-order valence-electron chi connectivity index (χ2n) is 6.57. The van der Waals surface area contributed by atoms with Gasteiger partial charge in [-0.15, -0.1) is 0 Å². The molecule has 2 atom stereocenters. The zero-order valence-corrected chi connectivity index (χ0v) is 14.2. The van der Waals surface area contributed by atoms with E-state index in [0.29, 0.717) is 5.92 Å². The number of carbonyl (C=O) groups is 2. The van der Waals surface area contributed by atoms with E-state index in [2.05, 4.69) is 37.1 Å². The quantitative estimate of drug-likeness (QED) is 0.817. The number of benzene rings is 1. The van der Waals surface area contributed by atoms with Crippen LogP contribution < -0.4 is 10.6 Å². The first-order chi connectivity index (χ1) is 10.9. The minimum Gasteiger partial charge on any atom is -0.349 e. The third-order valence-electron chi connectivity index (χ3n) is 4.55. The molecule has 1 aliphatic carbocycles. The molecule has 1 aromatic carbocycles. The Morgan fingerprint density at radius 2 is 2.04 bits per heavy atom. The van der Waals surface area contributed by atoms with Crippen molar-refractivity contribution in [1.29, 1.82) is 0 Å². The van der Waals surface area contributed by atoms with Crippen molar-refractivity contribution in [2.75, 3.05) is 5.32 Å². The predicted octanol–water partition coefficient (Wildman–Crippen LogP) is 3.53. The van der Waals surface area contributed by atoms with Crippen molar-refractivity contribution in [3.05, 3.63) is 42.0 Å². The molecule has 4 nitrogen and oxygen atoms in total. The number of hydrogen-bond acceptors (Lipinski definition) is 2. The largest absolute Gasteiger partial charge is 0.349 e. The van der Waals surface area contributed by atoms with Gasteiger partial charge in [0.15, 0.2) is 0 Å². The first-order valence-electron chi connectivity index (χ1n) is 8.26. The molecular formula is C19H26N2O2. The van der Waals surface area contributed by atoms with Gasteiger partial charge in [0.05, 0.1) is 5.92 Å². The number of aryl methyl sites for hydroxylation is 1. The first-order valence-corrected chi connectivity index (χ1v) is 8.26. The average Bonchev–Trinajstić information content (AvgIpc) is 2.97. The third kappa shape index (κ3) is 4.21. The van der Waals surface area contributed by atoms with E-state index in [0.717, 1.165) is 30.5 Å². The van der Waals surface area contributed by atoms with Crippen molar-refractivity contribution in [3.8, 4) is 0 Å². The first kappa shape index (κ1) is 17.3. The van der Waals surface area contributed by atoms with Gasteiger partial charge >= 0.3 is 0 Å². The van der Waals surface area contributed by atoms with Gasteiger partial charge in [0.2, 0.25) is 11.8 Å². The summed E-state index contributed by atoms with van der Waals surface area (Å²) in [6.07, 6.45) is 3.84. The van der Waals surface area contributed by atoms with E-state index >= 15 is 0 Å². The van der Waals surface area contributed by atoms with E-state index in [1.54, 1.807) is 0 Å². The van der Waals surface area contributed by atoms with E-state index < -0.39 is 0 Å². The van der Waals surface area contributed by atoms with Crippen molar-refractivity contribution in [3.63, 3.8) is 0 Å². The van der Waals surface area contributed by atoms with Crippen LogP contribution in [0.5, 0.6) is 0 Å². The Morgan fingerprint density at radius 1 is 1.30 bits per heavy atom. The lowest BCUT2D eigenvalue weighted by atomic mass is 9.99. The monoisotopic (exact) mass is 314 g/mol. The Balaban J connectivity index is 2.10. The maximum Gasteiger partial charge on any atom is 0.243 e. The summed E-state index contributed by atoms with van der Waals surface area (Å²) in [6.45, 7) is 9.72. The molecule has 0 spiro atoms. The van der Waals surface area contributed by atoms with Gasteiger partial charge in [0, 0.05) is 11.7 Å². The number of hydrogen-bond donors (Lipinski definition) is 2. The Kier molecular flexibility index (Phi) is 5.59. The third-order valence-corrected chi connectivity index (χ3v) is 4.55. The van der Waals surface area contributed by atoms with Crippen molar-refractivity contribution >= 4 is 17.5 Å². The summed E-state index contributed by atoms with van der Waals surface area (Å²) in [7, 11) is 0. The van der Waals surface area contributed by atoms with Gasteiger partial charge in [0.1, 0.15) is 0 Å². The van der Waals surface area contributed by atoms with Gasteiger partial charge in [0.25, 0.3) is 0 Å². The van der Waals surface area contributed by atoms with Crippen LogP contribution in [0.3, 0.4) is 0 Å². The topological polar surface area (TPSA) is 58.2 Å². The minimum absolute atomic E-state index is 0.0131. The summed E-state index contributed by atoms with van der Waals surface area (Å²) in [5.74, 6) is 0.00641. The number of rotatable bonds is 5. The lowest BCUT2D eigenvalue weighted by molar-refractivity contribution is -0.121. The predicted molar refractivity (Wildman–Crippen MR) is 93.4 cm³/mol. The zero-order chi connectivity index (χ0) is 17.0. The summed E-state index contributed by atoms with van der Waals surface area (Å²) in [5.41, 5.74) is 3.11. The fourth-order valence-corrected chi connectivity index (χ4v) is 3.05. The molecule has 0 aliphatic heterocycles. The lowest BCUT2D eigenvalue weighted by Crippen LogP contribution is -2.41. The smallest absolute Gasteiger partial charge is 0.243 e. The van der Waals surface area contributed by atoms with E-state index in [1.807, 2.05) is 19.1 Å². The zero-order valence-electron chi connectivity index (χ0n) is 14.2. The highest BCUT2D eigenvalue weighted by atomic mass is 16.2. The lowest BCUT2D eigenvalue weighted by Gasteiger charge is -2.21. The average molecular weight is 314 g/mol. The molecule has 4 heteroatoms. The fourth-order valence-electron chi connectivity index (χ4n) is 3.05. The number of amides is 2. The molecular weight excluding hydrogens is 288 g/mol. The molecule has 2 N–H and O–H groups in total. The van der Waals surface area contributed by atoms with E-state index in [-0.39, 0.29) is 23.8 Å². The molecule has 23 heavy (non-hydrogen) atoms. The Labute approximate surface area is 138 Å². The van der Waals surface area contributed by atoms with Crippen molar-refractivity contribution in [2.45, 2.75) is 52.0 Å². The number of carbonyl (C=O) groups excluding carboxylic acids is 2. The maximum absolute atomic E-state index is 12.6. The second-order valence-corrected chi connectivity index (χ2v) is 6.57. The molecule has 124 valence electrons. The van der Waals surface area contributed by atoms with Gasteiger partial charge in [-0.25, -0.2) is 0 Å². The van der Waals surface area contributed by atoms with Gasteiger partial charge < -0.3 is 10.6 Å². The SMILES string of the molecule is C=CC(=O)N[C@@H]1CCC[C@H]1C(=O)Nc1cc(C(C)C)ccc1C. The molecule has 1 aliphatic rings. The molecule has 0 unspecified atom stereocenters. The number of anilines is 1. The van der Waals surface area contributed by atoms with Gasteiger partial charge in [-0.05, 0) is 49.0 Å². The maximum atomic E-state index is 12.6. The summed E-state index contributed by atoms with van der Waals surface area (Å²) in [4.78, 5) is 24.1. The van der Waals surface area contributed by atoms with Crippen molar-refractivity contribution in [1.82, 2.24) is 5.32 Å². The molecule has 2 rings (SSSR count). The van der Waals surface area contributed by atoms with E-state index in [4.69, 9.17) is 0 Å². The van der Waals surface area contributed by atoms with Crippen LogP contribution >= 0.6 is 0 Å². The highest BCUT2D eigenvalue weighted by Gasteiger charge is 2.33. The van der Waals surface area contributed by atoms with Gasteiger partial charge in [-0.1, -0.05) is 39.0 Å². The molecule has 0 radical (unpaired) electrons. The van der Waals surface area contributed by atoms with Crippen LogP contribution in [0.15, 0.2) is 30.9 Å². The molecule has 0 heterocycles. The van der Waals surface area contributed by atoms with E-state index in [1.165, 1.54) is 11.6 Å². The molecule has 1 fully saturated rings. The van der Waals surface area contributed by atoms with Crippen LogP contribution in [0, 0.1) is 12.8 Å². The highest BCUT2D eigenvalue weighted by molar-refractivity contribution is 5.95. The molecule has 2 amide bonds. The van der Waals surface area contributed by atoms with Crippen LogP contribution in [0.25, 0.3) is 0 Å². The van der Waals surface area contributed by atoms with Crippen molar-refractivity contribution < 1.29 is 9.59 Å². The minimum atomic E-state index is -0.215. The Hall–Kier alpha value is -2.10. The normalized spacial score (nSPS) is 20.3. The summed E-state index contributed by atoms with van der Waals surface area (Å²) < 4.78 is 0. The summed E-state index contributed by atoms with van der Waals surface area (Å²) in [5, 5.41) is 5.92. The van der Waals surface area contributed by atoms with Crippen LogP contribution in [-0.2, 0) is 9.59 Å². The molecule has 0 aromatic heterocycles. The fraction of sp³-hybridized carbons (Fsp3) is 0.474.